The summed E-state index contributed by atoms with van der Waals surface area (Å²) < 4.78 is 6.84. The van der Waals surface area contributed by atoms with Crippen molar-refractivity contribution in [3.8, 4) is 5.75 Å². The molecular formula is C16H16INO2. The van der Waals surface area contributed by atoms with Crippen LogP contribution in [0.25, 0.3) is 0 Å². The van der Waals surface area contributed by atoms with Crippen molar-refractivity contribution >= 4 is 34.2 Å². The van der Waals surface area contributed by atoms with Gasteiger partial charge in [0.25, 0.3) is 5.91 Å². The van der Waals surface area contributed by atoms with Crippen LogP contribution in [0.15, 0.2) is 54.6 Å². The van der Waals surface area contributed by atoms with Gasteiger partial charge in [0.1, 0.15) is 5.75 Å². The van der Waals surface area contributed by atoms with Crippen LogP contribution in [0.4, 0.5) is 5.69 Å². The molecule has 20 heavy (non-hydrogen) atoms. The van der Waals surface area contributed by atoms with E-state index in [-0.39, 0.29) is 5.91 Å². The van der Waals surface area contributed by atoms with Crippen LogP contribution in [-0.4, -0.2) is 12.0 Å². The lowest BCUT2D eigenvalue weighted by Crippen LogP contribution is -2.32. The Kier molecular flexibility index (Phi) is 5.40. The molecule has 0 bridgehead atoms. The average Bonchev–Trinajstić information content (AvgIpc) is 2.48. The number of hydrogen-bond acceptors (Lipinski definition) is 2. The summed E-state index contributed by atoms with van der Waals surface area (Å²) in [6, 6.07) is 17.1. The molecule has 0 saturated carbocycles. The minimum Gasteiger partial charge on any atom is -0.481 e. The SMILES string of the molecule is CC[C@@H](Oc1ccccc1)C(=O)Nc1ccc(I)cc1. The van der Waals surface area contributed by atoms with Gasteiger partial charge in [0.15, 0.2) is 6.10 Å². The van der Waals surface area contributed by atoms with Gasteiger partial charge in [-0.25, -0.2) is 0 Å². The average molecular weight is 381 g/mol. The molecule has 1 amide bonds. The number of rotatable bonds is 5. The molecule has 0 aliphatic rings. The van der Waals surface area contributed by atoms with E-state index >= 15 is 0 Å². The van der Waals surface area contributed by atoms with Crippen molar-refractivity contribution in [2.24, 2.45) is 0 Å². The zero-order valence-electron chi connectivity index (χ0n) is 11.2. The summed E-state index contributed by atoms with van der Waals surface area (Å²) in [5.41, 5.74) is 0.783. The van der Waals surface area contributed by atoms with E-state index in [1.165, 1.54) is 0 Å². The van der Waals surface area contributed by atoms with E-state index in [4.69, 9.17) is 4.74 Å². The van der Waals surface area contributed by atoms with Crippen molar-refractivity contribution in [3.05, 3.63) is 58.2 Å². The summed E-state index contributed by atoms with van der Waals surface area (Å²) >= 11 is 2.23. The molecule has 0 saturated heterocycles. The Labute approximate surface area is 132 Å². The number of amides is 1. The maximum atomic E-state index is 12.2. The fourth-order valence-electron chi connectivity index (χ4n) is 1.74. The Balaban J connectivity index is 2.00. The molecule has 2 aromatic carbocycles. The molecule has 0 heterocycles. The van der Waals surface area contributed by atoms with Crippen LogP contribution >= 0.6 is 22.6 Å². The summed E-state index contributed by atoms with van der Waals surface area (Å²) in [4.78, 5) is 12.2. The lowest BCUT2D eigenvalue weighted by atomic mass is 10.2. The Morgan fingerprint density at radius 2 is 1.80 bits per heavy atom. The van der Waals surface area contributed by atoms with Crippen LogP contribution in [0.2, 0.25) is 0 Å². The third-order valence-electron chi connectivity index (χ3n) is 2.80. The summed E-state index contributed by atoms with van der Waals surface area (Å²) in [6.45, 7) is 1.93. The van der Waals surface area contributed by atoms with Gasteiger partial charge < -0.3 is 10.1 Å². The molecule has 104 valence electrons. The van der Waals surface area contributed by atoms with Crippen molar-refractivity contribution < 1.29 is 9.53 Å². The van der Waals surface area contributed by atoms with E-state index in [0.29, 0.717) is 12.2 Å². The number of ether oxygens (including phenoxy) is 1. The minimum atomic E-state index is -0.489. The normalized spacial score (nSPS) is 11.7. The second kappa shape index (κ2) is 7.28. The fraction of sp³-hybridized carbons (Fsp3) is 0.188. The highest BCUT2D eigenvalue weighted by Gasteiger charge is 2.18. The molecule has 0 fully saturated rings. The number of para-hydroxylation sites is 1. The number of benzene rings is 2. The third kappa shape index (κ3) is 4.23. The molecule has 1 atom stereocenters. The molecular weight excluding hydrogens is 365 g/mol. The van der Waals surface area contributed by atoms with Crippen molar-refractivity contribution in [2.45, 2.75) is 19.4 Å². The zero-order chi connectivity index (χ0) is 14.4. The van der Waals surface area contributed by atoms with Crippen LogP contribution in [0, 0.1) is 3.57 Å². The Bertz CT molecular complexity index is 554. The van der Waals surface area contributed by atoms with Gasteiger partial charge in [-0.2, -0.15) is 0 Å². The van der Waals surface area contributed by atoms with Crippen LogP contribution in [0.5, 0.6) is 5.75 Å². The van der Waals surface area contributed by atoms with Gasteiger partial charge in [-0.15, -0.1) is 0 Å². The standard InChI is InChI=1S/C16H16INO2/c1-2-15(20-14-6-4-3-5-7-14)16(19)18-13-10-8-12(17)9-11-13/h3-11,15H,2H2,1H3,(H,18,19)/t15-/m1/s1. The van der Waals surface area contributed by atoms with Crippen LogP contribution in [0.3, 0.4) is 0 Å². The van der Waals surface area contributed by atoms with Gasteiger partial charge in [0, 0.05) is 9.26 Å². The van der Waals surface area contributed by atoms with Gasteiger partial charge >= 0.3 is 0 Å². The van der Waals surface area contributed by atoms with Crippen molar-refractivity contribution in [3.63, 3.8) is 0 Å². The van der Waals surface area contributed by atoms with E-state index in [1.54, 1.807) is 0 Å². The Morgan fingerprint density at radius 1 is 1.15 bits per heavy atom. The molecule has 0 unspecified atom stereocenters. The number of anilines is 1. The first kappa shape index (κ1) is 14.8. The smallest absolute Gasteiger partial charge is 0.265 e. The monoisotopic (exact) mass is 381 g/mol. The summed E-state index contributed by atoms with van der Waals surface area (Å²) in [5.74, 6) is 0.578. The quantitative estimate of drug-likeness (QED) is 0.793. The van der Waals surface area contributed by atoms with Gasteiger partial charge in [-0.3, -0.25) is 4.79 Å². The summed E-state index contributed by atoms with van der Waals surface area (Å²) in [7, 11) is 0. The number of carbonyl (C=O) groups excluding carboxylic acids is 1. The lowest BCUT2D eigenvalue weighted by Gasteiger charge is -2.17. The Hall–Kier alpha value is -1.56. The number of carbonyl (C=O) groups is 1. The molecule has 2 rings (SSSR count). The second-order valence-electron chi connectivity index (χ2n) is 4.32. The largest absolute Gasteiger partial charge is 0.481 e. The lowest BCUT2D eigenvalue weighted by molar-refractivity contribution is -0.122. The molecule has 0 aromatic heterocycles. The fourth-order valence-corrected chi connectivity index (χ4v) is 2.10. The molecule has 2 aromatic rings. The molecule has 0 aliphatic heterocycles. The molecule has 3 nitrogen and oxygen atoms in total. The predicted octanol–water partition coefficient (Wildman–Crippen LogP) is 4.09. The zero-order valence-corrected chi connectivity index (χ0v) is 13.3. The molecule has 0 aliphatic carbocycles. The van der Waals surface area contributed by atoms with Gasteiger partial charge in [-0.05, 0) is 65.4 Å². The first-order valence-corrected chi connectivity index (χ1v) is 7.55. The Morgan fingerprint density at radius 3 is 2.40 bits per heavy atom. The van der Waals surface area contributed by atoms with Crippen molar-refractivity contribution in [2.75, 3.05) is 5.32 Å². The molecule has 0 radical (unpaired) electrons. The number of halogens is 1. The second-order valence-corrected chi connectivity index (χ2v) is 5.57. The molecule has 1 N–H and O–H groups in total. The topological polar surface area (TPSA) is 38.3 Å². The van der Waals surface area contributed by atoms with E-state index in [0.717, 1.165) is 9.26 Å². The summed E-state index contributed by atoms with van der Waals surface area (Å²) in [5, 5.41) is 2.87. The van der Waals surface area contributed by atoms with Crippen molar-refractivity contribution in [1.29, 1.82) is 0 Å². The van der Waals surface area contributed by atoms with E-state index in [9.17, 15) is 4.79 Å². The first-order chi connectivity index (χ1) is 9.69. The highest BCUT2D eigenvalue weighted by Crippen LogP contribution is 2.15. The van der Waals surface area contributed by atoms with Crippen LogP contribution in [0.1, 0.15) is 13.3 Å². The van der Waals surface area contributed by atoms with Crippen molar-refractivity contribution in [1.82, 2.24) is 0 Å². The maximum Gasteiger partial charge on any atom is 0.265 e. The van der Waals surface area contributed by atoms with Crippen LogP contribution < -0.4 is 10.1 Å². The molecule has 0 spiro atoms. The summed E-state index contributed by atoms with van der Waals surface area (Å²) in [6.07, 6.45) is 0.127. The highest BCUT2D eigenvalue weighted by atomic mass is 127. The van der Waals surface area contributed by atoms with Gasteiger partial charge in [-0.1, -0.05) is 25.1 Å². The third-order valence-corrected chi connectivity index (χ3v) is 3.52. The predicted molar refractivity (Wildman–Crippen MR) is 88.9 cm³/mol. The van der Waals surface area contributed by atoms with Crippen LogP contribution in [-0.2, 0) is 4.79 Å². The van der Waals surface area contributed by atoms with E-state index in [1.807, 2.05) is 61.5 Å². The molecule has 4 heteroatoms. The maximum absolute atomic E-state index is 12.2. The van der Waals surface area contributed by atoms with E-state index in [2.05, 4.69) is 27.9 Å². The minimum absolute atomic E-state index is 0.127. The van der Waals surface area contributed by atoms with Gasteiger partial charge in [0.05, 0.1) is 0 Å². The number of hydrogen-bond donors (Lipinski definition) is 1. The van der Waals surface area contributed by atoms with Gasteiger partial charge in [0.2, 0.25) is 0 Å². The number of nitrogens with one attached hydrogen (secondary N) is 1. The highest BCUT2D eigenvalue weighted by molar-refractivity contribution is 14.1. The first-order valence-electron chi connectivity index (χ1n) is 6.47. The van der Waals surface area contributed by atoms with E-state index < -0.39 is 6.10 Å².